The third-order valence-electron chi connectivity index (χ3n) is 3.01. The minimum Gasteiger partial charge on any atom is -0.464 e. The molecule has 4 heteroatoms. The van der Waals surface area contributed by atoms with Gasteiger partial charge in [0.2, 0.25) is 0 Å². The fraction of sp³-hybridized carbons (Fsp3) is 0.333. The highest BCUT2D eigenvalue weighted by atomic mass is 16.5. The first-order valence-electron chi connectivity index (χ1n) is 6.45. The lowest BCUT2D eigenvalue weighted by Gasteiger charge is -2.06. The van der Waals surface area contributed by atoms with Gasteiger partial charge in [-0.15, -0.1) is 0 Å². The van der Waals surface area contributed by atoms with Crippen molar-refractivity contribution in [2.24, 2.45) is 0 Å². The van der Waals surface area contributed by atoms with Gasteiger partial charge in [-0.05, 0) is 12.5 Å². The van der Waals surface area contributed by atoms with Gasteiger partial charge in [0.1, 0.15) is 6.54 Å². The Morgan fingerprint density at radius 2 is 2.16 bits per heavy atom. The van der Waals surface area contributed by atoms with Crippen LogP contribution in [0.25, 0.3) is 10.9 Å². The summed E-state index contributed by atoms with van der Waals surface area (Å²) in [6, 6.07) is 7.52. The molecule has 2 aromatic rings. The van der Waals surface area contributed by atoms with Gasteiger partial charge in [-0.2, -0.15) is 0 Å². The maximum absolute atomic E-state index is 11.7. The lowest BCUT2D eigenvalue weighted by atomic mass is 10.2. The number of ether oxygens (including phenoxy) is 1. The van der Waals surface area contributed by atoms with Crippen LogP contribution < -0.4 is 0 Å². The molecule has 0 amide bonds. The van der Waals surface area contributed by atoms with Crippen molar-refractivity contribution in [1.29, 1.82) is 0 Å². The lowest BCUT2D eigenvalue weighted by molar-refractivity contribution is -0.144. The number of fused-ring (bicyclic) bond motifs is 1. The molecule has 4 nitrogen and oxygen atoms in total. The van der Waals surface area contributed by atoms with E-state index in [0.29, 0.717) is 12.2 Å². The van der Waals surface area contributed by atoms with Crippen LogP contribution in [0.5, 0.6) is 0 Å². The number of carbonyl (C=O) groups excluding carboxylic acids is 2. The molecule has 100 valence electrons. The van der Waals surface area contributed by atoms with Gasteiger partial charge in [-0.25, -0.2) is 0 Å². The molecule has 2 rings (SSSR count). The SMILES string of the molecule is CCCCOC(=O)Cn1cc(C=O)c2ccccc21. The van der Waals surface area contributed by atoms with Gasteiger partial charge in [0.15, 0.2) is 6.29 Å². The number of aldehydes is 1. The molecule has 0 fully saturated rings. The topological polar surface area (TPSA) is 48.3 Å². The van der Waals surface area contributed by atoms with Crippen LogP contribution in [0.1, 0.15) is 30.1 Å². The van der Waals surface area contributed by atoms with Crippen LogP contribution >= 0.6 is 0 Å². The molecule has 0 atom stereocenters. The third kappa shape index (κ3) is 3.02. The molecule has 0 saturated carbocycles. The Balaban J connectivity index is 2.16. The molecule has 0 aliphatic carbocycles. The second-order valence-electron chi connectivity index (χ2n) is 4.42. The molecule has 0 saturated heterocycles. The molecule has 0 radical (unpaired) electrons. The number of para-hydroxylation sites is 1. The third-order valence-corrected chi connectivity index (χ3v) is 3.01. The lowest BCUT2D eigenvalue weighted by Crippen LogP contribution is -2.13. The van der Waals surface area contributed by atoms with Crippen molar-refractivity contribution >= 4 is 23.2 Å². The maximum atomic E-state index is 11.7. The van der Waals surface area contributed by atoms with Crippen molar-refractivity contribution < 1.29 is 14.3 Å². The zero-order valence-corrected chi connectivity index (χ0v) is 11.0. The average molecular weight is 259 g/mol. The number of rotatable bonds is 6. The van der Waals surface area contributed by atoms with Crippen molar-refractivity contribution in [3.63, 3.8) is 0 Å². The van der Waals surface area contributed by atoms with Crippen molar-refractivity contribution in [2.45, 2.75) is 26.3 Å². The molecule has 0 aliphatic rings. The van der Waals surface area contributed by atoms with Gasteiger partial charge < -0.3 is 9.30 Å². The van der Waals surface area contributed by atoms with E-state index in [0.717, 1.165) is 30.0 Å². The number of nitrogens with zero attached hydrogens (tertiary/aromatic N) is 1. The molecule has 0 bridgehead atoms. The van der Waals surface area contributed by atoms with Crippen LogP contribution in [0, 0.1) is 0 Å². The molecular formula is C15H17NO3. The van der Waals surface area contributed by atoms with Gasteiger partial charge >= 0.3 is 5.97 Å². The second kappa shape index (κ2) is 6.18. The smallest absolute Gasteiger partial charge is 0.325 e. The largest absolute Gasteiger partial charge is 0.464 e. The molecule has 0 unspecified atom stereocenters. The molecule has 1 aromatic heterocycles. The Hall–Kier alpha value is -2.10. The number of hydrogen-bond acceptors (Lipinski definition) is 3. The minimum absolute atomic E-state index is 0.137. The van der Waals surface area contributed by atoms with Gasteiger partial charge in [0.05, 0.1) is 6.61 Å². The van der Waals surface area contributed by atoms with E-state index in [1.807, 2.05) is 31.2 Å². The molecule has 1 heterocycles. The first kappa shape index (κ1) is 13.3. The van der Waals surface area contributed by atoms with Gasteiger partial charge in [-0.1, -0.05) is 31.5 Å². The molecule has 0 aliphatic heterocycles. The van der Waals surface area contributed by atoms with Crippen molar-refractivity contribution in [1.82, 2.24) is 4.57 Å². The standard InChI is InChI=1S/C15H17NO3/c1-2-3-8-19-15(18)10-16-9-12(11-17)13-6-4-5-7-14(13)16/h4-7,9,11H,2-3,8,10H2,1H3. The van der Waals surface area contributed by atoms with E-state index < -0.39 is 0 Å². The number of esters is 1. The zero-order chi connectivity index (χ0) is 13.7. The summed E-state index contributed by atoms with van der Waals surface area (Å²) in [5.74, 6) is -0.272. The Morgan fingerprint density at radius 1 is 1.37 bits per heavy atom. The zero-order valence-electron chi connectivity index (χ0n) is 11.0. The summed E-state index contributed by atoms with van der Waals surface area (Å²) >= 11 is 0. The van der Waals surface area contributed by atoms with Gasteiger partial charge in [-0.3, -0.25) is 9.59 Å². The van der Waals surface area contributed by atoms with Crippen LogP contribution in [0.3, 0.4) is 0 Å². The molecule has 1 aromatic carbocycles. The monoisotopic (exact) mass is 259 g/mol. The van der Waals surface area contributed by atoms with E-state index in [-0.39, 0.29) is 12.5 Å². The Kier molecular flexibility index (Phi) is 4.34. The highest BCUT2D eigenvalue weighted by molar-refractivity contribution is 5.98. The highest BCUT2D eigenvalue weighted by Crippen LogP contribution is 2.19. The van der Waals surface area contributed by atoms with Gasteiger partial charge in [0.25, 0.3) is 0 Å². The number of benzene rings is 1. The predicted octanol–water partition coefficient (Wildman–Crippen LogP) is 2.80. The van der Waals surface area contributed by atoms with E-state index in [4.69, 9.17) is 4.74 Å². The van der Waals surface area contributed by atoms with Crippen molar-refractivity contribution in [3.05, 3.63) is 36.0 Å². The van der Waals surface area contributed by atoms with Crippen LogP contribution in [0.15, 0.2) is 30.5 Å². The minimum atomic E-state index is -0.272. The second-order valence-corrected chi connectivity index (χ2v) is 4.42. The molecular weight excluding hydrogens is 242 g/mol. The summed E-state index contributed by atoms with van der Waals surface area (Å²) in [6.45, 7) is 2.64. The van der Waals surface area contributed by atoms with Crippen molar-refractivity contribution in [2.75, 3.05) is 6.61 Å². The van der Waals surface area contributed by atoms with E-state index in [1.165, 1.54) is 0 Å². The summed E-state index contributed by atoms with van der Waals surface area (Å²) < 4.78 is 6.89. The van der Waals surface area contributed by atoms with Crippen LogP contribution in [-0.2, 0) is 16.1 Å². The number of aromatic nitrogens is 1. The van der Waals surface area contributed by atoms with E-state index in [9.17, 15) is 9.59 Å². The Morgan fingerprint density at radius 3 is 2.89 bits per heavy atom. The summed E-state index contributed by atoms with van der Waals surface area (Å²) in [5.41, 5.74) is 1.47. The maximum Gasteiger partial charge on any atom is 0.325 e. The number of unbranched alkanes of at least 4 members (excludes halogenated alkanes) is 1. The fourth-order valence-electron chi connectivity index (χ4n) is 2.01. The molecule has 0 spiro atoms. The predicted molar refractivity (Wildman–Crippen MR) is 73.2 cm³/mol. The summed E-state index contributed by atoms with van der Waals surface area (Å²) in [4.78, 5) is 22.7. The Labute approximate surface area is 112 Å². The van der Waals surface area contributed by atoms with Crippen molar-refractivity contribution in [3.8, 4) is 0 Å². The number of carbonyl (C=O) groups is 2. The number of hydrogen-bond donors (Lipinski definition) is 0. The average Bonchev–Trinajstić information content (AvgIpc) is 2.77. The van der Waals surface area contributed by atoms with Crippen LogP contribution in [0.2, 0.25) is 0 Å². The molecule has 19 heavy (non-hydrogen) atoms. The summed E-state index contributed by atoms with van der Waals surface area (Å²) in [6.07, 6.45) is 4.37. The van der Waals surface area contributed by atoms with E-state index in [2.05, 4.69) is 0 Å². The van der Waals surface area contributed by atoms with Crippen LogP contribution in [-0.4, -0.2) is 23.4 Å². The van der Waals surface area contributed by atoms with Gasteiger partial charge in [0, 0.05) is 22.7 Å². The first-order chi connectivity index (χ1) is 9.26. The molecule has 0 N–H and O–H groups in total. The van der Waals surface area contributed by atoms with Crippen LogP contribution in [0.4, 0.5) is 0 Å². The normalized spacial score (nSPS) is 10.6. The van der Waals surface area contributed by atoms with E-state index >= 15 is 0 Å². The van der Waals surface area contributed by atoms with E-state index in [1.54, 1.807) is 10.8 Å². The quantitative estimate of drug-likeness (QED) is 0.455. The first-order valence-corrected chi connectivity index (χ1v) is 6.45. The summed E-state index contributed by atoms with van der Waals surface area (Å²) in [7, 11) is 0. The Bertz CT molecular complexity index is 586. The summed E-state index contributed by atoms with van der Waals surface area (Å²) in [5, 5.41) is 0.860. The fourth-order valence-corrected chi connectivity index (χ4v) is 2.01. The highest BCUT2D eigenvalue weighted by Gasteiger charge is 2.10.